The minimum atomic E-state index is -3.01. The minimum absolute atomic E-state index is 0.0676. The van der Waals surface area contributed by atoms with Crippen molar-refractivity contribution in [3.8, 4) is 0 Å². The van der Waals surface area contributed by atoms with Gasteiger partial charge in [0.15, 0.2) is 15.8 Å². The van der Waals surface area contributed by atoms with E-state index in [1.54, 1.807) is 18.4 Å². The summed E-state index contributed by atoms with van der Waals surface area (Å²) >= 11 is 1.64. The number of sulfone groups is 1. The van der Waals surface area contributed by atoms with Crippen molar-refractivity contribution in [1.82, 2.24) is 15.2 Å². The van der Waals surface area contributed by atoms with Gasteiger partial charge >= 0.3 is 0 Å². The molecule has 0 unspecified atom stereocenters. The number of rotatable bonds is 6. The molecule has 0 radical (unpaired) electrons. The first-order chi connectivity index (χ1) is 11.8. The van der Waals surface area contributed by atoms with E-state index in [0.717, 1.165) is 27.8 Å². The topological polar surface area (TPSA) is 74.7 Å². The van der Waals surface area contributed by atoms with Crippen molar-refractivity contribution in [2.45, 2.75) is 25.8 Å². The molecular weight excluding hydrogens is 356 g/mol. The van der Waals surface area contributed by atoms with Gasteiger partial charge in [-0.05, 0) is 18.1 Å². The van der Waals surface area contributed by atoms with Crippen LogP contribution in [0, 0.1) is 6.92 Å². The molecule has 0 saturated heterocycles. The standard InChI is InChI=1S/C17H24N4O2S2/c1-13-20-16(11-24-13)10-21(3)17(18-2)19-9-14-5-7-15(8-6-14)12-25(4,22)23/h5-8,11H,9-10,12H2,1-4H3,(H,18,19). The Bertz CT molecular complexity index is 827. The summed E-state index contributed by atoms with van der Waals surface area (Å²) in [5.41, 5.74) is 2.89. The highest BCUT2D eigenvalue weighted by Gasteiger charge is 2.09. The molecule has 0 saturated carbocycles. The quantitative estimate of drug-likeness (QED) is 0.614. The number of thiazole rings is 1. The number of benzene rings is 1. The second-order valence-electron chi connectivity index (χ2n) is 6.00. The van der Waals surface area contributed by atoms with Gasteiger partial charge in [-0.15, -0.1) is 11.3 Å². The Balaban J connectivity index is 1.91. The summed E-state index contributed by atoms with van der Waals surface area (Å²) in [5, 5.41) is 6.42. The van der Waals surface area contributed by atoms with Gasteiger partial charge in [0, 0.05) is 32.3 Å². The molecule has 25 heavy (non-hydrogen) atoms. The van der Waals surface area contributed by atoms with Gasteiger partial charge in [-0.25, -0.2) is 13.4 Å². The normalized spacial score (nSPS) is 12.2. The summed E-state index contributed by atoms with van der Waals surface area (Å²) in [6.07, 6.45) is 1.24. The molecule has 2 aromatic rings. The number of aryl methyl sites for hydroxylation is 1. The number of hydrogen-bond acceptors (Lipinski definition) is 5. The number of nitrogens with one attached hydrogen (secondary N) is 1. The van der Waals surface area contributed by atoms with Crippen LogP contribution in [0.5, 0.6) is 0 Å². The van der Waals surface area contributed by atoms with Crippen molar-refractivity contribution >= 4 is 27.1 Å². The van der Waals surface area contributed by atoms with E-state index >= 15 is 0 Å². The van der Waals surface area contributed by atoms with Crippen LogP contribution in [0.3, 0.4) is 0 Å². The molecule has 1 heterocycles. The Morgan fingerprint density at radius 2 is 1.92 bits per heavy atom. The molecule has 0 spiro atoms. The van der Waals surface area contributed by atoms with E-state index in [2.05, 4.69) is 20.7 Å². The number of nitrogens with zero attached hydrogens (tertiary/aromatic N) is 3. The second-order valence-corrected chi connectivity index (χ2v) is 9.20. The first-order valence-corrected chi connectivity index (χ1v) is 10.8. The predicted molar refractivity (Wildman–Crippen MR) is 104 cm³/mol. The smallest absolute Gasteiger partial charge is 0.194 e. The molecule has 2 rings (SSSR count). The zero-order valence-corrected chi connectivity index (χ0v) is 16.6. The van der Waals surface area contributed by atoms with E-state index in [1.165, 1.54) is 6.26 Å². The highest BCUT2D eigenvalue weighted by molar-refractivity contribution is 7.89. The SMILES string of the molecule is CN=C(NCc1ccc(CS(C)(=O)=O)cc1)N(C)Cc1csc(C)n1. The van der Waals surface area contributed by atoms with Crippen LogP contribution in [-0.4, -0.2) is 44.6 Å². The number of guanidine groups is 1. The van der Waals surface area contributed by atoms with Crippen LogP contribution in [0.1, 0.15) is 21.8 Å². The molecule has 1 N–H and O–H groups in total. The summed E-state index contributed by atoms with van der Waals surface area (Å²) in [7, 11) is 0.716. The summed E-state index contributed by atoms with van der Waals surface area (Å²) in [6.45, 7) is 3.30. The van der Waals surface area contributed by atoms with Crippen LogP contribution in [0.25, 0.3) is 0 Å². The van der Waals surface area contributed by atoms with E-state index in [0.29, 0.717) is 13.1 Å². The zero-order valence-electron chi connectivity index (χ0n) is 15.0. The highest BCUT2D eigenvalue weighted by atomic mass is 32.2. The Labute approximate surface area is 153 Å². The third-order valence-electron chi connectivity index (χ3n) is 3.54. The van der Waals surface area contributed by atoms with Crippen LogP contribution in [0.15, 0.2) is 34.6 Å². The van der Waals surface area contributed by atoms with Crippen molar-refractivity contribution < 1.29 is 8.42 Å². The summed E-state index contributed by atoms with van der Waals surface area (Å²) in [4.78, 5) is 10.8. The van der Waals surface area contributed by atoms with Crippen molar-refractivity contribution in [1.29, 1.82) is 0 Å². The molecule has 0 bridgehead atoms. The van der Waals surface area contributed by atoms with Gasteiger partial charge in [0.1, 0.15) is 0 Å². The molecule has 0 aliphatic carbocycles. The minimum Gasteiger partial charge on any atom is -0.352 e. The lowest BCUT2D eigenvalue weighted by Gasteiger charge is -2.21. The maximum atomic E-state index is 11.3. The maximum absolute atomic E-state index is 11.3. The lowest BCUT2D eigenvalue weighted by molar-refractivity contribution is 0.470. The number of aromatic nitrogens is 1. The summed E-state index contributed by atoms with van der Waals surface area (Å²) in [6, 6.07) is 7.57. The predicted octanol–water partition coefficient (Wildman–Crippen LogP) is 2.20. The lowest BCUT2D eigenvalue weighted by Crippen LogP contribution is -2.38. The first-order valence-electron chi connectivity index (χ1n) is 7.85. The molecule has 1 aromatic carbocycles. The molecule has 136 valence electrons. The van der Waals surface area contributed by atoms with Crippen molar-refractivity contribution in [3.63, 3.8) is 0 Å². The summed E-state index contributed by atoms with van der Waals surface area (Å²) < 4.78 is 22.7. The van der Waals surface area contributed by atoms with Crippen molar-refractivity contribution in [2.24, 2.45) is 4.99 Å². The maximum Gasteiger partial charge on any atom is 0.194 e. The van der Waals surface area contributed by atoms with Gasteiger partial charge in [-0.2, -0.15) is 0 Å². The number of hydrogen-bond donors (Lipinski definition) is 1. The van der Waals surface area contributed by atoms with Crippen molar-refractivity contribution in [2.75, 3.05) is 20.4 Å². The van der Waals surface area contributed by atoms with Crippen LogP contribution >= 0.6 is 11.3 Å². The Morgan fingerprint density at radius 3 is 2.44 bits per heavy atom. The zero-order chi connectivity index (χ0) is 18.4. The van der Waals surface area contributed by atoms with Crippen LogP contribution < -0.4 is 5.32 Å². The van der Waals surface area contributed by atoms with Gasteiger partial charge in [0.2, 0.25) is 0 Å². The van der Waals surface area contributed by atoms with E-state index in [1.807, 2.05) is 43.1 Å². The Morgan fingerprint density at radius 1 is 1.28 bits per heavy atom. The monoisotopic (exact) mass is 380 g/mol. The van der Waals surface area contributed by atoms with Gasteiger partial charge in [0.05, 0.1) is 23.0 Å². The van der Waals surface area contributed by atoms with Crippen molar-refractivity contribution in [3.05, 3.63) is 51.5 Å². The van der Waals surface area contributed by atoms with Crippen LogP contribution in [0.2, 0.25) is 0 Å². The second kappa shape index (κ2) is 8.44. The average Bonchev–Trinajstić information content (AvgIpc) is 2.93. The summed E-state index contributed by atoms with van der Waals surface area (Å²) in [5.74, 6) is 0.851. The third-order valence-corrected chi connectivity index (χ3v) is 5.22. The van der Waals surface area contributed by atoms with E-state index in [9.17, 15) is 8.42 Å². The third kappa shape index (κ3) is 6.47. The van der Waals surface area contributed by atoms with Gasteiger partial charge < -0.3 is 10.2 Å². The molecule has 0 amide bonds. The molecule has 1 aromatic heterocycles. The Kier molecular flexibility index (Phi) is 6.55. The van der Waals surface area contributed by atoms with Gasteiger partial charge in [0.25, 0.3) is 0 Å². The Hall–Kier alpha value is -1.93. The molecule has 0 atom stereocenters. The lowest BCUT2D eigenvalue weighted by atomic mass is 10.1. The van der Waals surface area contributed by atoms with E-state index < -0.39 is 9.84 Å². The van der Waals surface area contributed by atoms with Gasteiger partial charge in [-0.3, -0.25) is 4.99 Å². The van der Waals surface area contributed by atoms with E-state index in [-0.39, 0.29) is 5.75 Å². The molecule has 0 aliphatic rings. The largest absolute Gasteiger partial charge is 0.352 e. The first kappa shape index (κ1) is 19.4. The molecule has 0 fully saturated rings. The fraction of sp³-hybridized carbons (Fsp3) is 0.412. The average molecular weight is 381 g/mol. The molecule has 0 aliphatic heterocycles. The van der Waals surface area contributed by atoms with Crippen LogP contribution in [0.4, 0.5) is 0 Å². The molecular formula is C17H24N4O2S2. The molecule has 6 nitrogen and oxygen atoms in total. The number of aliphatic imine (C=N–C) groups is 1. The fourth-order valence-corrected chi connectivity index (χ4v) is 3.82. The molecule has 8 heteroatoms. The van der Waals surface area contributed by atoms with Crippen LogP contribution in [-0.2, 0) is 28.7 Å². The van der Waals surface area contributed by atoms with Gasteiger partial charge in [-0.1, -0.05) is 24.3 Å². The van der Waals surface area contributed by atoms with E-state index in [4.69, 9.17) is 0 Å². The highest BCUT2D eigenvalue weighted by Crippen LogP contribution is 2.10. The fourth-order valence-electron chi connectivity index (χ4n) is 2.42.